The number of nitrogens with zero attached hydrogens (tertiary/aromatic N) is 1. The third kappa shape index (κ3) is 4.05. The van der Waals surface area contributed by atoms with Crippen LogP contribution >= 0.6 is 0 Å². The highest BCUT2D eigenvalue weighted by atomic mass is 19.3. The normalized spacial score (nSPS) is 20.1. The van der Waals surface area contributed by atoms with Gasteiger partial charge in [-0.1, -0.05) is 6.07 Å². The molecular weight excluding hydrogens is 266 g/mol. The maximum atomic E-state index is 12.4. The van der Waals surface area contributed by atoms with Crippen molar-refractivity contribution >= 4 is 0 Å². The molecule has 6 heteroatoms. The van der Waals surface area contributed by atoms with Crippen molar-refractivity contribution in [3.05, 3.63) is 23.8 Å². The maximum absolute atomic E-state index is 12.4. The van der Waals surface area contributed by atoms with Crippen molar-refractivity contribution in [3.63, 3.8) is 0 Å². The third-order valence-electron chi connectivity index (χ3n) is 3.30. The summed E-state index contributed by atoms with van der Waals surface area (Å²) >= 11 is 0. The van der Waals surface area contributed by atoms with Crippen molar-refractivity contribution in [2.24, 2.45) is 0 Å². The summed E-state index contributed by atoms with van der Waals surface area (Å²) in [4.78, 5) is 2.29. The Morgan fingerprint density at radius 1 is 1.40 bits per heavy atom. The minimum atomic E-state index is -2.85. The molecule has 0 radical (unpaired) electrons. The molecule has 20 heavy (non-hydrogen) atoms. The van der Waals surface area contributed by atoms with E-state index < -0.39 is 6.61 Å². The van der Waals surface area contributed by atoms with Crippen LogP contribution in [0.25, 0.3) is 0 Å². The lowest BCUT2D eigenvalue weighted by atomic mass is 10.1. The monoisotopic (exact) mass is 286 g/mol. The maximum Gasteiger partial charge on any atom is 0.387 e. The van der Waals surface area contributed by atoms with E-state index >= 15 is 0 Å². The molecule has 1 heterocycles. The van der Waals surface area contributed by atoms with E-state index in [9.17, 15) is 8.78 Å². The van der Waals surface area contributed by atoms with Gasteiger partial charge in [0, 0.05) is 32.2 Å². The highest BCUT2D eigenvalue weighted by Gasteiger charge is 2.17. The first-order chi connectivity index (χ1) is 9.58. The van der Waals surface area contributed by atoms with Crippen LogP contribution in [-0.2, 0) is 6.54 Å². The standard InChI is InChI=1S/C14H20F2N2O2/c1-10-8-18(6-5-17-10)9-11-3-4-12(19-2)13(7-11)20-14(15)16/h3-4,7,10,14,17H,5-6,8-9H2,1-2H3/t10-/m0/s1. The van der Waals surface area contributed by atoms with Crippen molar-refractivity contribution < 1.29 is 18.3 Å². The molecule has 4 nitrogen and oxygen atoms in total. The molecule has 2 rings (SSSR count). The summed E-state index contributed by atoms with van der Waals surface area (Å²) in [7, 11) is 1.44. The van der Waals surface area contributed by atoms with Crippen LogP contribution in [0.1, 0.15) is 12.5 Å². The van der Waals surface area contributed by atoms with E-state index in [-0.39, 0.29) is 5.75 Å². The number of halogens is 2. The minimum absolute atomic E-state index is 0.0863. The molecule has 1 aliphatic rings. The molecule has 0 saturated carbocycles. The first-order valence-electron chi connectivity index (χ1n) is 6.66. The molecule has 1 atom stereocenters. The van der Waals surface area contributed by atoms with E-state index in [1.54, 1.807) is 12.1 Å². The molecule has 0 aromatic heterocycles. The fraction of sp³-hybridized carbons (Fsp3) is 0.571. The smallest absolute Gasteiger partial charge is 0.387 e. The van der Waals surface area contributed by atoms with Gasteiger partial charge in [0.2, 0.25) is 0 Å². The van der Waals surface area contributed by atoms with Gasteiger partial charge in [-0.2, -0.15) is 8.78 Å². The number of hydrogen-bond acceptors (Lipinski definition) is 4. The molecule has 1 aromatic carbocycles. The van der Waals surface area contributed by atoms with Crippen LogP contribution < -0.4 is 14.8 Å². The molecule has 0 bridgehead atoms. The highest BCUT2D eigenvalue weighted by molar-refractivity contribution is 5.43. The number of nitrogens with one attached hydrogen (secondary N) is 1. The number of alkyl halides is 2. The van der Waals surface area contributed by atoms with E-state index in [2.05, 4.69) is 21.9 Å². The first-order valence-corrected chi connectivity index (χ1v) is 6.66. The van der Waals surface area contributed by atoms with Crippen LogP contribution in [0.5, 0.6) is 11.5 Å². The number of methoxy groups -OCH3 is 1. The number of hydrogen-bond donors (Lipinski definition) is 1. The van der Waals surface area contributed by atoms with Gasteiger partial charge < -0.3 is 14.8 Å². The van der Waals surface area contributed by atoms with E-state index in [4.69, 9.17) is 4.74 Å². The average Bonchev–Trinajstić information content (AvgIpc) is 2.38. The van der Waals surface area contributed by atoms with Gasteiger partial charge in [0.25, 0.3) is 0 Å². The third-order valence-corrected chi connectivity index (χ3v) is 3.30. The lowest BCUT2D eigenvalue weighted by Crippen LogP contribution is -2.48. The summed E-state index contributed by atoms with van der Waals surface area (Å²) in [6.07, 6.45) is 0. The van der Waals surface area contributed by atoms with Crippen molar-refractivity contribution in [2.45, 2.75) is 26.1 Å². The summed E-state index contributed by atoms with van der Waals surface area (Å²) in [5.41, 5.74) is 0.940. The fourth-order valence-electron chi connectivity index (χ4n) is 2.42. The number of ether oxygens (including phenoxy) is 2. The predicted molar refractivity (Wildman–Crippen MR) is 72.4 cm³/mol. The summed E-state index contributed by atoms with van der Waals surface area (Å²) in [5.74, 6) is 0.408. The van der Waals surface area contributed by atoms with E-state index in [1.165, 1.54) is 7.11 Å². The molecule has 112 valence electrons. The number of piperazine rings is 1. The molecular formula is C14H20F2N2O2. The Morgan fingerprint density at radius 3 is 2.85 bits per heavy atom. The van der Waals surface area contributed by atoms with Crippen LogP contribution in [0.3, 0.4) is 0 Å². The molecule has 0 spiro atoms. The molecule has 1 aliphatic heterocycles. The van der Waals surface area contributed by atoms with E-state index in [0.717, 1.165) is 31.7 Å². The number of benzene rings is 1. The molecule has 0 amide bonds. The number of rotatable bonds is 5. The molecule has 0 aliphatic carbocycles. The SMILES string of the molecule is COc1ccc(CN2CCN[C@@H](C)C2)cc1OC(F)F. The van der Waals surface area contributed by atoms with Gasteiger partial charge in [0.05, 0.1) is 7.11 Å². The van der Waals surface area contributed by atoms with Gasteiger partial charge in [-0.3, -0.25) is 4.90 Å². The highest BCUT2D eigenvalue weighted by Crippen LogP contribution is 2.30. The van der Waals surface area contributed by atoms with E-state index in [1.807, 2.05) is 6.07 Å². The van der Waals surface area contributed by atoms with Gasteiger partial charge in [-0.05, 0) is 24.6 Å². The first kappa shape index (κ1) is 15.0. The fourth-order valence-corrected chi connectivity index (χ4v) is 2.42. The largest absolute Gasteiger partial charge is 0.493 e. The Morgan fingerprint density at radius 2 is 2.20 bits per heavy atom. The Bertz CT molecular complexity index is 443. The summed E-state index contributed by atoms with van der Waals surface area (Å²) in [6.45, 7) is 2.83. The summed E-state index contributed by atoms with van der Waals surface area (Å²) in [6, 6.07) is 5.61. The predicted octanol–water partition coefficient (Wildman–Crippen LogP) is 2.09. The van der Waals surface area contributed by atoms with Crippen molar-refractivity contribution in [1.29, 1.82) is 0 Å². The lowest BCUT2D eigenvalue weighted by Gasteiger charge is -2.31. The van der Waals surface area contributed by atoms with Crippen molar-refractivity contribution in [2.75, 3.05) is 26.7 Å². The molecule has 0 unspecified atom stereocenters. The molecule has 1 saturated heterocycles. The molecule has 1 fully saturated rings. The van der Waals surface area contributed by atoms with Crippen LogP contribution in [-0.4, -0.2) is 44.3 Å². The lowest BCUT2D eigenvalue weighted by molar-refractivity contribution is -0.0512. The Balaban J connectivity index is 2.07. The van der Waals surface area contributed by atoms with Crippen LogP contribution in [0.4, 0.5) is 8.78 Å². The summed E-state index contributed by atoms with van der Waals surface area (Å²) < 4.78 is 34.3. The Hall–Kier alpha value is -1.40. The van der Waals surface area contributed by atoms with Crippen LogP contribution in [0.2, 0.25) is 0 Å². The quantitative estimate of drug-likeness (QED) is 0.898. The Labute approximate surface area is 117 Å². The van der Waals surface area contributed by atoms with Crippen LogP contribution in [0.15, 0.2) is 18.2 Å². The second-order valence-corrected chi connectivity index (χ2v) is 4.95. The zero-order valence-corrected chi connectivity index (χ0v) is 11.7. The van der Waals surface area contributed by atoms with Crippen molar-refractivity contribution in [3.8, 4) is 11.5 Å². The second-order valence-electron chi connectivity index (χ2n) is 4.95. The minimum Gasteiger partial charge on any atom is -0.493 e. The zero-order valence-electron chi connectivity index (χ0n) is 11.7. The van der Waals surface area contributed by atoms with Crippen molar-refractivity contribution in [1.82, 2.24) is 10.2 Å². The van der Waals surface area contributed by atoms with E-state index in [0.29, 0.717) is 11.8 Å². The topological polar surface area (TPSA) is 33.7 Å². The van der Waals surface area contributed by atoms with Gasteiger partial charge in [-0.15, -0.1) is 0 Å². The van der Waals surface area contributed by atoms with Gasteiger partial charge >= 0.3 is 6.61 Å². The zero-order chi connectivity index (χ0) is 14.5. The van der Waals surface area contributed by atoms with Gasteiger partial charge in [-0.25, -0.2) is 0 Å². The van der Waals surface area contributed by atoms with Gasteiger partial charge in [0.1, 0.15) is 0 Å². The molecule has 1 aromatic rings. The molecule has 1 N–H and O–H groups in total. The Kier molecular flexibility index (Phi) is 5.14. The van der Waals surface area contributed by atoms with Crippen LogP contribution in [0, 0.1) is 0 Å². The van der Waals surface area contributed by atoms with Gasteiger partial charge in [0.15, 0.2) is 11.5 Å². The average molecular weight is 286 g/mol. The second kappa shape index (κ2) is 6.85. The summed E-state index contributed by atoms with van der Waals surface area (Å²) in [5, 5.41) is 3.37.